The Hall–Kier alpha value is 1.54. The molecule has 20 heavy (non-hydrogen) atoms. The highest BCUT2D eigenvalue weighted by atomic mass is 79.9. The Kier molecular flexibility index (Phi) is 5.25. The molecule has 0 radical (unpaired) electrons. The number of fused-ring (bicyclic) bond motifs is 2. The summed E-state index contributed by atoms with van der Waals surface area (Å²) >= 11 is 14.8. The van der Waals surface area contributed by atoms with Gasteiger partial charge >= 0.3 is 0 Å². The monoisotopic (exact) mass is 538 g/mol. The van der Waals surface area contributed by atoms with Gasteiger partial charge in [-0.3, -0.25) is 0 Å². The number of ether oxygens (including phenoxy) is 2. The Morgan fingerprint density at radius 1 is 1.10 bits per heavy atom. The van der Waals surface area contributed by atoms with Crippen LogP contribution in [-0.4, -0.2) is 39.9 Å². The van der Waals surface area contributed by atoms with Crippen molar-refractivity contribution in [2.75, 3.05) is 14.2 Å². The minimum Gasteiger partial charge on any atom is -0.391 e. The second-order valence-electron chi connectivity index (χ2n) is 5.27. The number of methoxy groups -OCH3 is 2. The van der Waals surface area contributed by atoms with Gasteiger partial charge in [0.05, 0.1) is 6.10 Å². The van der Waals surface area contributed by atoms with Crippen molar-refractivity contribution in [3.63, 3.8) is 0 Å². The highest BCUT2D eigenvalue weighted by Gasteiger charge is 2.83. The zero-order valence-corrected chi connectivity index (χ0v) is 17.9. The standard InChI is InChI=1S/C13H18Br4O3/c1-4-5-6-7-10(18)12(17)9(15)8(14)11(7,16)13(12,19-2)20-3/h7,10,18H,4-6H2,1-3H3/t7-,10+,11-,12-/m1/s1. The molecular formula is C13H18Br4O3. The fourth-order valence-corrected chi connectivity index (χ4v) is 8.50. The summed E-state index contributed by atoms with van der Waals surface area (Å²) in [5.41, 5.74) is 0. The molecule has 7 heteroatoms. The summed E-state index contributed by atoms with van der Waals surface area (Å²) in [6.07, 6.45) is 2.39. The van der Waals surface area contributed by atoms with Crippen molar-refractivity contribution in [2.45, 2.75) is 46.7 Å². The minimum absolute atomic E-state index is 0.0163. The quantitative estimate of drug-likeness (QED) is 0.413. The summed E-state index contributed by atoms with van der Waals surface area (Å²) in [4.78, 5) is 0. The van der Waals surface area contributed by atoms with Gasteiger partial charge < -0.3 is 14.6 Å². The lowest BCUT2D eigenvalue weighted by Gasteiger charge is -2.41. The van der Waals surface area contributed by atoms with Crippen molar-refractivity contribution >= 4 is 63.7 Å². The number of aliphatic hydroxyl groups excluding tert-OH is 1. The smallest absolute Gasteiger partial charge is 0.211 e. The average molecular weight is 542 g/mol. The van der Waals surface area contributed by atoms with Crippen LogP contribution in [0.2, 0.25) is 0 Å². The van der Waals surface area contributed by atoms with E-state index in [2.05, 4.69) is 70.6 Å². The second kappa shape index (κ2) is 5.87. The Morgan fingerprint density at radius 2 is 1.60 bits per heavy atom. The number of aliphatic hydroxyl groups is 1. The maximum absolute atomic E-state index is 10.9. The highest BCUT2D eigenvalue weighted by Crippen LogP contribution is 2.74. The first kappa shape index (κ1) is 17.9. The lowest BCUT2D eigenvalue weighted by molar-refractivity contribution is -0.216. The summed E-state index contributed by atoms with van der Waals surface area (Å²) in [6.45, 7) is 2.14. The predicted octanol–water partition coefficient (Wildman–Crippen LogP) is 4.44. The molecule has 0 saturated heterocycles. The van der Waals surface area contributed by atoms with Crippen molar-refractivity contribution < 1.29 is 14.6 Å². The fourth-order valence-electron chi connectivity index (χ4n) is 3.56. The van der Waals surface area contributed by atoms with Crippen molar-refractivity contribution in [3.05, 3.63) is 8.96 Å². The molecule has 0 aromatic rings. The molecule has 116 valence electrons. The third-order valence-electron chi connectivity index (χ3n) is 4.53. The molecule has 0 aromatic heterocycles. The van der Waals surface area contributed by atoms with Crippen molar-refractivity contribution in [2.24, 2.45) is 5.92 Å². The van der Waals surface area contributed by atoms with Gasteiger partial charge in [0.2, 0.25) is 5.79 Å². The maximum atomic E-state index is 10.9. The number of hydrogen-bond acceptors (Lipinski definition) is 3. The minimum atomic E-state index is -1.02. The van der Waals surface area contributed by atoms with Crippen LogP contribution in [0.1, 0.15) is 26.2 Å². The fraction of sp³-hybridized carbons (Fsp3) is 0.846. The summed E-state index contributed by atoms with van der Waals surface area (Å²) in [7, 11) is 3.21. The molecule has 0 unspecified atom stereocenters. The molecule has 1 N–H and O–H groups in total. The number of halogens is 4. The second-order valence-corrected chi connectivity index (χ2v) is 9.36. The molecule has 4 atom stereocenters. The number of hydrogen-bond donors (Lipinski definition) is 1. The summed E-state index contributed by atoms with van der Waals surface area (Å²) in [6, 6.07) is 0. The van der Waals surface area contributed by atoms with Crippen molar-refractivity contribution in [1.82, 2.24) is 0 Å². The van der Waals surface area contributed by atoms with E-state index in [-0.39, 0.29) is 5.92 Å². The van der Waals surface area contributed by atoms with Crippen LogP contribution in [0.5, 0.6) is 0 Å². The predicted molar refractivity (Wildman–Crippen MR) is 94.0 cm³/mol. The van der Waals surface area contributed by atoms with Gasteiger partial charge in [-0.2, -0.15) is 0 Å². The molecule has 0 aliphatic heterocycles. The van der Waals surface area contributed by atoms with Gasteiger partial charge in [0.25, 0.3) is 0 Å². The van der Waals surface area contributed by atoms with Crippen LogP contribution in [0.25, 0.3) is 0 Å². The summed E-state index contributed by atoms with van der Waals surface area (Å²) in [5, 5.41) is 10.9. The summed E-state index contributed by atoms with van der Waals surface area (Å²) < 4.78 is 11.9. The molecular weight excluding hydrogens is 524 g/mol. The van der Waals surface area contributed by atoms with E-state index in [1.807, 2.05) is 0 Å². The Labute approximate surface area is 153 Å². The molecule has 2 aliphatic carbocycles. The van der Waals surface area contributed by atoms with E-state index < -0.39 is 20.5 Å². The molecule has 2 aliphatic rings. The van der Waals surface area contributed by atoms with Crippen molar-refractivity contribution in [3.8, 4) is 0 Å². The Bertz CT molecular complexity index is 437. The third kappa shape index (κ3) is 1.77. The van der Waals surface area contributed by atoms with Crippen molar-refractivity contribution in [1.29, 1.82) is 0 Å². The van der Waals surface area contributed by atoms with Gasteiger partial charge in [-0.1, -0.05) is 83.5 Å². The first-order valence-corrected chi connectivity index (χ1v) is 9.69. The van der Waals surface area contributed by atoms with E-state index in [0.717, 1.165) is 28.2 Å². The van der Waals surface area contributed by atoms with Crippen LogP contribution in [-0.2, 0) is 9.47 Å². The number of alkyl halides is 2. The zero-order chi connectivity index (χ0) is 15.3. The van der Waals surface area contributed by atoms with E-state index in [4.69, 9.17) is 9.47 Å². The van der Waals surface area contributed by atoms with Gasteiger partial charge in [-0.25, -0.2) is 0 Å². The largest absolute Gasteiger partial charge is 0.391 e. The molecule has 0 amide bonds. The molecule has 2 bridgehead atoms. The van der Waals surface area contributed by atoms with Crippen LogP contribution in [0.3, 0.4) is 0 Å². The van der Waals surface area contributed by atoms with Gasteiger partial charge in [0.15, 0.2) is 0 Å². The van der Waals surface area contributed by atoms with E-state index in [0.29, 0.717) is 0 Å². The SMILES string of the molecule is CCCC[C@@H]1[C@H](O)[C@]2(Br)C(Br)=C(Br)[C@@]1(Br)C2(OC)OC. The third-order valence-corrected chi connectivity index (χ3v) is 11.1. The van der Waals surface area contributed by atoms with Crippen LogP contribution in [0.15, 0.2) is 8.96 Å². The topological polar surface area (TPSA) is 38.7 Å². The maximum Gasteiger partial charge on any atom is 0.211 e. The van der Waals surface area contributed by atoms with Crippen LogP contribution in [0.4, 0.5) is 0 Å². The van der Waals surface area contributed by atoms with E-state index >= 15 is 0 Å². The Balaban J connectivity index is 2.61. The van der Waals surface area contributed by atoms with E-state index in [9.17, 15) is 5.11 Å². The van der Waals surface area contributed by atoms with Gasteiger partial charge in [0, 0.05) is 29.1 Å². The molecule has 3 nitrogen and oxygen atoms in total. The molecule has 2 rings (SSSR count). The molecule has 1 saturated carbocycles. The molecule has 0 aromatic carbocycles. The molecule has 0 spiro atoms. The molecule has 1 fully saturated rings. The number of rotatable bonds is 5. The average Bonchev–Trinajstić information content (AvgIpc) is 2.67. The first-order valence-electron chi connectivity index (χ1n) is 6.51. The van der Waals surface area contributed by atoms with Gasteiger partial charge in [-0.05, 0) is 6.42 Å². The zero-order valence-electron chi connectivity index (χ0n) is 11.6. The molecule has 0 heterocycles. The summed E-state index contributed by atoms with van der Waals surface area (Å²) in [5.74, 6) is -1.03. The van der Waals surface area contributed by atoms with Crippen LogP contribution >= 0.6 is 63.7 Å². The van der Waals surface area contributed by atoms with E-state index in [1.54, 1.807) is 14.2 Å². The van der Waals surface area contributed by atoms with Gasteiger partial charge in [-0.15, -0.1) is 0 Å². The van der Waals surface area contributed by atoms with E-state index in [1.165, 1.54) is 0 Å². The first-order chi connectivity index (χ1) is 9.29. The lowest BCUT2D eigenvalue weighted by Crippen LogP contribution is -2.57. The van der Waals surface area contributed by atoms with Crippen LogP contribution < -0.4 is 0 Å². The van der Waals surface area contributed by atoms with Crippen LogP contribution in [0, 0.1) is 5.92 Å². The Morgan fingerprint density at radius 3 is 2.00 bits per heavy atom. The van der Waals surface area contributed by atoms with Gasteiger partial charge in [0.1, 0.15) is 8.65 Å². The number of unbranched alkanes of at least 4 members (excludes halogenated alkanes) is 1. The lowest BCUT2D eigenvalue weighted by atomic mass is 9.86. The highest BCUT2D eigenvalue weighted by molar-refractivity contribution is 9.16. The normalized spacial score (nSPS) is 42.6.